The van der Waals surface area contributed by atoms with Gasteiger partial charge in [0.25, 0.3) is 0 Å². The summed E-state index contributed by atoms with van der Waals surface area (Å²) in [7, 11) is 1.57. The van der Waals surface area contributed by atoms with E-state index in [0.717, 1.165) is 0 Å². The second kappa shape index (κ2) is 4.23. The molecule has 0 fully saturated rings. The summed E-state index contributed by atoms with van der Waals surface area (Å²) in [5.41, 5.74) is 0. The number of hydrogen-bond acceptors (Lipinski definition) is 3. The monoisotopic (exact) mass is 176 g/mol. The Morgan fingerprint density at radius 3 is 2.36 bits per heavy atom. The Hall–Kier alpha value is -0.710. The van der Waals surface area contributed by atoms with Crippen LogP contribution in [0.5, 0.6) is 0 Å². The minimum Gasteiger partial charge on any atom is -0.480 e. The average molecular weight is 176 g/mol. The largest absolute Gasteiger partial charge is 0.480 e. The van der Waals surface area contributed by atoms with Crippen LogP contribution in [0.25, 0.3) is 0 Å². The van der Waals surface area contributed by atoms with Crippen molar-refractivity contribution in [1.29, 1.82) is 5.41 Å². The molecule has 0 aliphatic heterocycles. The van der Waals surface area contributed by atoms with E-state index in [0.29, 0.717) is 0 Å². The second-order valence-electron chi connectivity index (χ2n) is 2.23. The first kappa shape index (κ1) is 10.3. The summed E-state index contributed by atoms with van der Waals surface area (Å²) in [6.45, 7) is 1.54. The lowest BCUT2D eigenvalue weighted by Crippen LogP contribution is -2.42. The van der Waals surface area contributed by atoms with Gasteiger partial charge in [-0.15, -0.1) is 0 Å². The van der Waals surface area contributed by atoms with Crippen LogP contribution >= 0.6 is 12.6 Å². The maximum absolute atomic E-state index is 10.5. The van der Waals surface area contributed by atoms with Gasteiger partial charge in [-0.1, -0.05) is 0 Å². The molecule has 0 saturated heterocycles. The van der Waals surface area contributed by atoms with Crippen LogP contribution in [0.1, 0.15) is 6.92 Å². The molecule has 0 radical (unpaired) electrons. The minimum absolute atomic E-state index is 0.210. The number of nitrogens with one attached hydrogen (secondary N) is 1. The zero-order valence-corrected chi connectivity index (χ0v) is 7.43. The van der Waals surface area contributed by atoms with Crippen LogP contribution in [-0.4, -0.2) is 40.7 Å². The van der Waals surface area contributed by atoms with Crippen molar-refractivity contribution in [3.8, 4) is 0 Å². The van der Waals surface area contributed by atoms with Crippen molar-refractivity contribution in [1.82, 2.24) is 4.90 Å². The van der Waals surface area contributed by atoms with Gasteiger partial charge in [0.1, 0.15) is 6.04 Å². The molecule has 0 aromatic carbocycles. The van der Waals surface area contributed by atoms with Gasteiger partial charge in [0.2, 0.25) is 0 Å². The molecule has 0 saturated carbocycles. The van der Waals surface area contributed by atoms with Crippen LogP contribution in [0.15, 0.2) is 0 Å². The molecule has 4 nitrogen and oxygen atoms in total. The van der Waals surface area contributed by atoms with E-state index >= 15 is 0 Å². The quantitative estimate of drug-likeness (QED) is 0.329. The topological polar surface area (TPSA) is 64.4 Å². The smallest absolute Gasteiger partial charge is 0.327 e. The lowest BCUT2D eigenvalue weighted by molar-refractivity contribution is -0.140. The van der Waals surface area contributed by atoms with E-state index in [9.17, 15) is 4.79 Å². The third-order valence-electron chi connectivity index (χ3n) is 1.45. The summed E-state index contributed by atoms with van der Waals surface area (Å²) < 4.78 is 0. The van der Waals surface area contributed by atoms with Crippen molar-refractivity contribution < 1.29 is 9.90 Å². The number of carboxylic acids is 1. The maximum Gasteiger partial charge on any atom is 0.327 e. The Morgan fingerprint density at radius 2 is 2.27 bits per heavy atom. The highest BCUT2D eigenvalue weighted by atomic mass is 32.1. The Labute approximate surface area is 71.1 Å². The third-order valence-corrected chi connectivity index (χ3v) is 1.80. The van der Waals surface area contributed by atoms with Gasteiger partial charge in [-0.2, -0.15) is 12.6 Å². The van der Waals surface area contributed by atoms with Crippen molar-refractivity contribution in [3.05, 3.63) is 0 Å². The van der Waals surface area contributed by atoms with Gasteiger partial charge in [0.15, 0.2) is 0 Å². The van der Waals surface area contributed by atoms with E-state index in [-0.39, 0.29) is 11.6 Å². The maximum atomic E-state index is 10.5. The van der Waals surface area contributed by atoms with E-state index in [1.807, 2.05) is 0 Å². The fourth-order valence-electron chi connectivity index (χ4n) is 0.600. The Morgan fingerprint density at radius 1 is 1.82 bits per heavy atom. The highest BCUT2D eigenvalue weighted by Crippen LogP contribution is 1.99. The molecule has 0 aromatic heterocycles. The minimum atomic E-state index is -0.950. The summed E-state index contributed by atoms with van der Waals surface area (Å²) in [5.74, 6) is -0.511. The molecule has 64 valence electrons. The Bertz CT molecular complexity index is 172. The first-order chi connectivity index (χ1) is 5.00. The van der Waals surface area contributed by atoms with E-state index in [1.54, 1.807) is 14.0 Å². The summed E-state index contributed by atoms with van der Waals surface area (Å²) in [6.07, 6.45) is 0. The van der Waals surface area contributed by atoms with Gasteiger partial charge in [0, 0.05) is 12.8 Å². The Balaban J connectivity index is 4.25. The van der Waals surface area contributed by atoms with E-state index < -0.39 is 12.0 Å². The molecule has 11 heavy (non-hydrogen) atoms. The number of nitrogens with zero attached hydrogens (tertiary/aromatic N) is 1. The van der Waals surface area contributed by atoms with Gasteiger partial charge >= 0.3 is 5.97 Å². The summed E-state index contributed by atoms with van der Waals surface area (Å²) in [6, 6.07) is -0.698. The van der Waals surface area contributed by atoms with E-state index in [2.05, 4.69) is 12.6 Å². The number of amidine groups is 1. The molecule has 0 rings (SSSR count). The summed E-state index contributed by atoms with van der Waals surface area (Å²) >= 11 is 3.87. The van der Waals surface area contributed by atoms with Crippen LogP contribution in [0.2, 0.25) is 0 Å². The van der Waals surface area contributed by atoms with Gasteiger partial charge < -0.3 is 10.0 Å². The van der Waals surface area contributed by atoms with Gasteiger partial charge in [-0.25, -0.2) is 4.79 Å². The standard InChI is InChI=1S/C6H12N2O2S/c1-4(7)8(2)5(3-11)6(9)10/h5,7,11H,3H2,1-2H3,(H,9,10)/t5-/m0/s1. The number of carboxylic acid groups (broad SMARTS) is 1. The lowest BCUT2D eigenvalue weighted by Gasteiger charge is -2.23. The van der Waals surface area contributed by atoms with Crippen molar-refractivity contribution >= 4 is 24.4 Å². The van der Waals surface area contributed by atoms with Crippen molar-refractivity contribution in [2.45, 2.75) is 13.0 Å². The molecule has 0 heterocycles. The predicted octanol–water partition coefficient (Wildman–Crippen LogP) is 0.298. The molecule has 0 bridgehead atoms. The fraction of sp³-hybridized carbons (Fsp3) is 0.667. The van der Waals surface area contributed by atoms with Crippen LogP contribution in [0.3, 0.4) is 0 Å². The Kier molecular flexibility index (Phi) is 3.95. The molecule has 2 N–H and O–H groups in total. The highest BCUT2D eigenvalue weighted by Gasteiger charge is 2.20. The number of rotatable bonds is 3. The van der Waals surface area contributed by atoms with Crippen LogP contribution in [0, 0.1) is 5.41 Å². The van der Waals surface area contributed by atoms with Crippen LogP contribution in [-0.2, 0) is 4.79 Å². The number of likely N-dealkylation sites (N-methyl/N-ethyl adjacent to an activating group) is 1. The van der Waals surface area contributed by atoms with E-state index in [1.165, 1.54) is 4.90 Å². The van der Waals surface area contributed by atoms with Crippen molar-refractivity contribution in [2.75, 3.05) is 12.8 Å². The van der Waals surface area contributed by atoms with Gasteiger partial charge in [0.05, 0.1) is 5.84 Å². The van der Waals surface area contributed by atoms with Crippen LogP contribution < -0.4 is 0 Å². The molecule has 0 spiro atoms. The SMILES string of the molecule is CC(=N)N(C)[C@@H](CS)C(=O)O. The summed E-state index contributed by atoms with van der Waals surface area (Å²) in [4.78, 5) is 11.9. The van der Waals surface area contributed by atoms with Gasteiger partial charge in [-0.3, -0.25) is 5.41 Å². The predicted molar refractivity (Wildman–Crippen MR) is 46.4 cm³/mol. The molecule has 0 aliphatic carbocycles. The zero-order chi connectivity index (χ0) is 9.02. The number of hydrogen-bond donors (Lipinski definition) is 3. The molecular weight excluding hydrogens is 164 g/mol. The lowest BCUT2D eigenvalue weighted by atomic mass is 10.3. The van der Waals surface area contributed by atoms with Crippen molar-refractivity contribution in [3.63, 3.8) is 0 Å². The third kappa shape index (κ3) is 2.80. The zero-order valence-electron chi connectivity index (χ0n) is 6.53. The fourth-order valence-corrected chi connectivity index (χ4v) is 1.00. The molecule has 0 unspecified atom stereocenters. The highest BCUT2D eigenvalue weighted by molar-refractivity contribution is 7.80. The van der Waals surface area contributed by atoms with Crippen LogP contribution in [0.4, 0.5) is 0 Å². The van der Waals surface area contributed by atoms with E-state index in [4.69, 9.17) is 10.5 Å². The first-order valence-electron chi connectivity index (χ1n) is 3.12. The molecule has 0 amide bonds. The average Bonchev–Trinajstić information content (AvgIpc) is 1.88. The molecule has 0 aromatic rings. The molecule has 5 heteroatoms. The van der Waals surface area contributed by atoms with Gasteiger partial charge in [-0.05, 0) is 6.92 Å². The number of thiol groups is 1. The molecule has 1 atom stereocenters. The molecular formula is C6H12N2O2S. The number of aliphatic carboxylic acids is 1. The summed E-state index contributed by atoms with van der Waals surface area (Å²) in [5, 5.41) is 15.8. The molecule has 0 aliphatic rings. The number of carbonyl (C=O) groups is 1. The van der Waals surface area contributed by atoms with Crippen molar-refractivity contribution in [2.24, 2.45) is 0 Å². The second-order valence-corrected chi connectivity index (χ2v) is 2.60. The first-order valence-corrected chi connectivity index (χ1v) is 3.75. The normalized spacial score (nSPS) is 12.3.